The minimum absolute atomic E-state index is 0.0343. The molecule has 1 aromatic heterocycles. The number of aromatic amines is 1. The Hall–Kier alpha value is -0.830. The molecular formula is C9H17N3. The first-order chi connectivity index (χ1) is 5.60. The molecule has 0 aliphatic carbocycles. The van der Waals surface area contributed by atoms with Crippen molar-refractivity contribution in [3.05, 3.63) is 17.7 Å². The maximum atomic E-state index is 5.63. The van der Waals surface area contributed by atoms with E-state index >= 15 is 0 Å². The number of hydrogen-bond donors (Lipinski definition) is 2. The van der Waals surface area contributed by atoms with E-state index in [4.69, 9.17) is 5.73 Å². The predicted octanol–water partition coefficient (Wildman–Crippen LogP) is 1.21. The van der Waals surface area contributed by atoms with Crippen LogP contribution >= 0.6 is 0 Å². The summed E-state index contributed by atoms with van der Waals surface area (Å²) < 4.78 is 0. The molecular weight excluding hydrogens is 150 g/mol. The minimum Gasteiger partial charge on any atom is -0.345 e. The third-order valence-electron chi connectivity index (χ3n) is 2.16. The largest absolute Gasteiger partial charge is 0.345 e. The quantitative estimate of drug-likeness (QED) is 0.711. The van der Waals surface area contributed by atoms with Gasteiger partial charge in [0.2, 0.25) is 0 Å². The van der Waals surface area contributed by atoms with E-state index in [0.29, 0.717) is 6.54 Å². The van der Waals surface area contributed by atoms with Crippen molar-refractivity contribution >= 4 is 0 Å². The molecule has 0 aliphatic rings. The zero-order valence-corrected chi connectivity index (χ0v) is 8.02. The van der Waals surface area contributed by atoms with E-state index in [0.717, 1.165) is 12.2 Å². The molecule has 0 fully saturated rings. The fourth-order valence-corrected chi connectivity index (χ4v) is 0.979. The highest BCUT2D eigenvalue weighted by atomic mass is 14.9. The summed E-state index contributed by atoms with van der Waals surface area (Å²) in [5.41, 5.74) is 6.77. The standard InChI is InChI=1S/C9H17N3/c1-4-7-5-11-8(12-7)9(2,3)6-10/h5H,4,6,10H2,1-3H3,(H,11,12). The van der Waals surface area contributed by atoms with Gasteiger partial charge in [-0.25, -0.2) is 4.98 Å². The molecule has 0 aromatic carbocycles. The van der Waals surface area contributed by atoms with Gasteiger partial charge in [-0.05, 0) is 6.42 Å². The summed E-state index contributed by atoms with van der Waals surface area (Å²) in [4.78, 5) is 7.56. The molecule has 0 saturated carbocycles. The van der Waals surface area contributed by atoms with Crippen LogP contribution in [-0.4, -0.2) is 16.5 Å². The average Bonchev–Trinajstić information content (AvgIpc) is 2.52. The number of aryl methyl sites for hydroxylation is 1. The van der Waals surface area contributed by atoms with Crippen molar-refractivity contribution in [2.24, 2.45) is 5.73 Å². The number of imidazole rings is 1. The Kier molecular flexibility index (Phi) is 2.52. The number of nitrogens with two attached hydrogens (primary N) is 1. The van der Waals surface area contributed by atoms with Crippen molar-refractivity contribution in [2.45, 2.75) is 32.6 Å². The van der Waals surface area contributed by atoms with E-state index in [1.807, 2.05) is 6.20 Å². The first kappa shape index (κ1) is 9.26. The topological polar surface area (TPSA) is 54.7 Å². The normalized spacial score (nSPS) is 12.0. The first-order valence-corrected chi connectivity index (χ1v) is 4.34. The Labute approximate surface area is 73.4 Å². The molecule has 0 spiro atoms. The van der Waals surface area contributed by atoms with Gasteiger partial charge in [-0.3, -0.25) is 0 Å². The van der Waals surface area contributed by atoms with E-state index in [-0.39, 0.29) is 5.41 Å². The first-order valence-electron chi connectivity index (χ1n) is 4.34. The Balaban J connectivity index is 2.88. The smallest absolute Gasteiger partial charge is 0.113 e. The van der Waals surface area contributed by atoms with Crippen LogP contribution in [0.5, 0.6) is 0 Å². The molecule has 68 valence electrons. The van der Waals surface area contributed by atoms with Crippen LogP contribution in [0.4, 0.5) is 0 Å². The van der Waals surface area contributed by atoms with E-state index in [9.17, 15) is 0 Å². The number of H-pyrrole nitrogens is 1. The number of rotatable bonds is 3. The Morgan fingerprint density at radius 3 is 2.67 bits per heavy atom. The SMILES string of the molecule is CCc1cnc(C(C)(C)CN)[nH]1. The molecule has 12 heavy (non-hydrogen) atoms. The van der Waals surface area contributed by atoms with Gasteiger partial charge in [-0.2, -0.15) is 0 Å². The molecule has 0 aliphatic heterocycles. The lowest BCUT2D eigenvalue weighted by atomic mass is 9.93. The lowest BCUT2D eigenvalue weighted by Gasteiger charge is -2.18. The van der Waals surface area contributed by atoms with E-state index in [1.165, 1.54) is 5.69 Å². The molecule has 1 heterocycles. The van der Waals surface area contributed by atoms with Crippen LogP contribution in [0.3, 0.4) is 0 Å². The summed E-state index contributed by atoms with van der Waals surface area (Å²) in [6.45, 7) is 6.90. The van der Waals surface area contributed by atoms with Gasteiger partial charge in [0.25, 0.3) is 0 Å². The van der Waals surface area contributed by atoms with Gasteiger partial charge < -0.3 is 10.7 Å². The van der Waals surface area contributed by atoms with Crippen molar-refractivity contribution in [1.29, 1.82) is 0 Å². The Morgan fingerprint density at radius 1 is 1.58 bits per heavy atom. The predicted molar refractivity (Wildman–Crippen MR) is 50.0 cm³/mol. The molecule has 0 radical (unpaired) electrons. The zero-order chi connectivity index (χ0) is 9.19. The van der Waals surface area contributed by atoms with Crippen LogP contribution in [0.25, 0.3) is 0 Å². The molecule has 1 aromatic rings. The molecule has 1 rings (SSSR count). The van der Waals surface area contributed by atoms with Gasteiger partial charge >= 0.3 is 0 Å². The second-order valence-corrected chi connectivity index (χ2v) is 3.70. The van der Waals surface area contributed by atoms with Gasteiger partial charge in [0.05, 0.1) is 0 Å². The second kappa shape index (κ2) is 3.27. The molecule has 0 atom stereocenters. The Bertz CT molecular complexity index is 250. The monoisotopic (exact) mass is 167 g/mol. The maximum absolute atomic E-state index is 5.63. The third kappa shape index (κ3) is 1.67. The van der Waals surface area contributed by atoms with Crippen LogP contribution in [0.1, 0.15) is 32.3 Å². The molecule has 3 heteroatoms. The van der Waals surface area contributed by atoms with Gasteiger partial charge in [-0.1, -0.05) is 20.8 Å². The Morgan fingerprint density at radius 2 is 2.25 bits per heavy atom. The third-order valence-corrected chi connectivity index (χ3v) is 2.16. The highest BCUT2D eigenvalue weighted by molar-refractivity contribution is 5.10. The van der Waals surface area contributed by atoms with Crippen LogP contribution in [0, 0.1) is 0 Å². The lowest BCUT2D eigenvalue weighted by Crippen LogP contribution is -2.29. The molecule has 3 N–H and O–H groups in total. The summed E-state index contributed by atoms with van der Waals surface area (Å²) in [6.07, 6.45) is 2.88. The molecule has 3 nitrogen and oxygen atoms in total. The molecule has 0 unspecified atom stereocenters. The van der Waals surface area contributed by atoms with Crippen LogP contribution in [0.15, 0.2) is 6.20 Å². The van der Waals surface area contributed by atoms with Crippen molar-refractivity contribution in [2.75, 3.05) is 6.54 Å². The minimum atomic E-state index is -0.0343. The van der Waals surface area contributed by atoms with Crippen LogP contribution in [-0.2, 0) is 11.8 Å². The van der Waals surface area contributed by atoms with Crippen molar-refractivity contribution in [1.82, 2.24) is 9.97 Å². The summed E-state index contributed by atoms with van der Waals surface area (Å²) in [5, 5.41) is 0. The van der Waals surface area contributed by atoms with Crippen LogP contribution in [0.2, 0.25) is 0 Å². The fourth-order valence-electron chi connectivity index (χ4n) is 0.979. The second-order valence-electron chi connectivity index (χ2n) is 3.70. The van der Waals surface area contributed by atoms with Gasteiger partial charge in [-0.15, -0.1) is 0 Å². The molecule has 0 bridgehead atoms. The highest BCUT2D eigenvalue weighted by Gasteiger charge is 2.21. The van der Waals surface area contributed by atoms with E-state index in [2.05, 4.69) is 30.7 Å². The number of nitrogens with zero attached hydrogens (tertiary/aromatic N) is 1. The van der Waals surface area contributed by atoms with Gasteiger partial charge in [0.15, 0.2) is 0 Å². The average molecular weight is 167 g/mol. The highest BCUT2D eigenvalue weighted by Crippen LogP contribution is 2.17. The van der Waals surface area contributed by atoms with E-state index < -0.39 is 0 Å². The van der Waals surface area contributed by atoms with Crippen molar-refractivity contribution in [3.63, 3.8) is 0 Å². The summed E-state index contributed by atoms with van der Waals surface area (Å²) >= 11 is 0. The van der Waals surface area contributed by atoms with Crippen molar-refractivity contribution in [3.8, 4) is 0 Å². The number of hydrogen-bond acceptors (Lipinski definition) is 2. The lowest BCUT2D eigenvalue weighted by molar-refractivity contribution is 0.507. The van der Waals surface area contributed by atoms with E-state index in [1.54, 1.807) is 0 Å². The van der Waals surface area contributed by atoms with Crippen LogP contribution < -0.4 is 5.73 Å². The summed E-state index contributed by atoms with van der Waals surface area (Å²) in [6, 6.07) is 0. The van der Waals surface area contributed by atoms with Gasteiger partial charge in [0.1, 0.15) is 5.82 Å². The molecule has 0 saturated heterocycles. The summed E-state index contributed by atoms with van der Waals surface area (Å²) in [7, 11) is 0. The van der Waals surface area contributed by atoms with Gasteiger partial charge in [0, 0.05) is 23.9 Å². The number of nitrogens with one attached hydrogen (secondary N) is 1. The zero-order valence-electron chi connectivity index (χ0n) is 8.02. The number of aromatic nitrogens is 2. The molecule has 0 amide bonds. The fraction of sp³-hybridized carbons (Fsp3) is 0.667. The maximum Gasteiger partial charge on any atom is 0.113 e. The van der Waals surface area contributed by atoms with Crippen molar-refractivity contribution < 1.29 is 0 Å². The summed E-state index contributed by atoms with van der Waals surface area (Å²) in [5.74, 6) is 0.988.